The van der Waals surface area contributed by atoms with Crippen LogP contribution in [-0.2, 0) is 9.53 Å². The van der Waals surface area contributed by atoms with Crippen LogP contribution < -0.4 is 0 Å². The minimum Gasteiger partial charge on any atom is -0.381 e. The Morgan fingerprint density at radius 1 is 1.38 bits per heavy atom. The largest absolute Gasteiger partial charge is 0.381 e. The summed E-state index contributed by atoms with van der Waals surface area (Å²) in [5.74, 6) is 0.800. The quantitative estimate of drug-likeness (QED) is 0.545. The van der Waals surface area contributed by atoms with Crippen molar-refractivity contribution in [1.29, 1.82) is 0 Å². The Morgan fingerprint density at radius 3 is 2.54 bits per heavy atom. The van der Waals surface area contributed by atoms with Gasteiger partial charge in [0.25, 0.3) is 0 Å². The van der Waals surface area contributed by atoms with Crippen molar-refractivity contribution >= 4 is 6.29 Å². The predicted octanol–water partition coefficient (Wildman–Crippen LogP) is 2.81. The number of carbonyl (C=O) groups is 1. The van der Waals surface area contributed by atoms with Gasteiger partial charge in [0.1, 0.15) is 6.29 Å². The van der Waals surface area contributed by atoms with Gasteiger partial charge in [-0.15, -0.1) is 0 Å². The first kappa shape index (κ1) is 12.6. The fourth-order valence-corrected chi connectivity index (χ4v) is 1.34. The monoisotopic (exact) mass is 186 g/mol. The van der Waals surface area contributed by atoms with E-state index in [0.717, 1.165) is 18.6 Å². The van der Waals surface area contributed by atoms with E-state index >= 15 is 0 Å². The van der Waals surface area contributed by atoms with Crippen LogP contribution in [0.4, 0.5) is 0 Å². The first-order valence-electron chi connectivity index (χ1n) is 5.21. The number of carbonyl (C=O) groups excluding carboxylic acids is 1. The van der Waals surface area contributed by atoms with Crippen LogP contribution in [0.2, 0.25) is 0 Å². The van der Waals surface area contributed by atoms with Crippen LogP contribution in [-0.4, -0.2) is 19.5 Å². The number of rotatable bonds is 8. The summed E-state index contributed by atoms with van der Waals surface area (Å²) >= 11 is 0. The molecule has 0 aliphatic rings. The lowest BCUT2D eigenvalue weighted by Crippen LogP contribution is -2.11. The van der Waals surface area contributed by atoms with Crippen LogP contribution in [0.5, 0.6) is 0 Å². The van der Waals surface area contributed by atoms with Gasteiger partial charge in [-0.05, 0) is 12.3 Å². The molecule has 0 N–H and O–H groups in total. The van der Waals surface area contributed by atoms with E-state index in [4.69, 9.17) is 4.74 Å². The molecule has 0 aromatic rings. The third kappa shape index (κ3) is 6.76. The molecule has 2 unspecified atom stereocenters. The van der Waals surface area contributed by atoms with Crippen LogP contribution in [0, 0.1) is 5.92 Å². The molecule has 2 nitrogen and oxygen atoms in total. The normalized spacial score (nSPS) is 15.3. The van der Waals surface area contributed by atoms with Gasteiger partial charge in [0.15, 0.2) is 0 Å². The molecule has 2 heteroatoms. The molecule has 0 saturated heterocycles. The molecular formula is C11H22O2. The smallest absolute Gasteiger partial charge is 0.122 e. The van der Waals surface area contributed by atoms with Crippen molar-refractivity contribution in [1.82, 2.24) is 0 Å². The van der Waals surface area contributed by atoms with Gasteiger partial charge in [-0.1, -0.05) is 33.1 Å². The van der Waals surface area contributed by atoms with E-state index in [-0.39, 0.29) is 6.10 Å². The highest BCUT2D eigenvalue weighted by atomic mass is 16.5. The van der Waals surface area contributed by atoms with Gasteiger partial charge in [0, 0.05) is 13.5 Å². The minimum atomic E-state index is 0.140. The Bertz CT molecular complexity index is 123. The fourth-order valence-electron chi connectivity index (χ4n) is 1.34. The van der Waals surface area contributed by atoms with Crippen molar-refractivity contribution in [2.75, 3.05) is 7.11 Å². The van der Waals surface area contributed by atoms with Gasteiger partial charge in [-0.2, -0.15) is 0 Å². The second kappa shape index (κ2) is 8.24. The zero-order valence-corrected chi connectivity index (χ0v) is 9.08. The number of aldehydes is 1. The Labute approximate surface area is 81.7 Å². The second-order valence-electron chi connectivity index (χ2n) is 3.70. The van der Waals surface area contributed by atoms with Crippen molar-refractivity contribution in [2.24, 2.45) is 5.92 Å². The maximum atomic E-state index is 10.2. The molecule has 78 valence electrons. The van der Waals surface area contributed by atoms with Crippen LogP contribution in [0.25, 0.3) is 0 Å². The van der Waals surface area contributed by atoms with Gasteiger partial charge in [0.2, 0.25) is 0 Å². The van der Waals surface area contributed by atoms with E-state index in [9.17, 15) is 4.79 Å². The first-order chi connectivity index (χ1) is 6.24. The van der Waals surface area contributed by atoms with Crippen LogP contribution in [0.15, 0.2) is 0 Å². The Hall–Kier alpha value is -0.370. The molecule has 0 amide bonds. The average molecular weight is 186 g/mol. The van der Waals surface area contributed by atoms with Crippen LogP contribution in [0.1, 0.15) is 46.0 Å². The lowest BCUT2D eigenvalue weighted by Gasteiger charge is -2.13. The molecule has 0 aromatic heterocycles. The first-order valence-corrected chi connectivity index (χ1v) is 5.21. The lowest BCUT2D eigenvalue weighted by atomic mass is 9.99. The zero-order valence-electron chi connectivity index (χ0n) is 9.08. The molecule has 0 heterocycles. The van der Waals surface area contributed by atoms with Crippen LogP contribution >= 0.6 is 0 Å². The maximum Gasteiger partial charge on any atom is 0.122 e. The van der Waals surface area contributed by atoms with Gasteiger partial charge in [0.05, 0.1) is 6.10 Å². The summed E-state index contributed by atoms with van der Waals surface area (Å²) in [6.45, 7) is 4.48. The topological polar surface area (TPSA) is 26.3 Å². The summed E-state index contributed by atoms with van der Waals surface area (Å²) < 4.78 is 5.17. The molecule has 0 rings (SSSR count). The fraction of sp³-hybridized carbons (Fsp3) is 0.909. The van der Waals surface area contributed by atoms with E-state index in [0.29, 0.717) is 6.42 Å². The van der Waals surface area contributed by atoms with Crippen molar-refractivity contribution < 1.29 is 9.53 Å². The van der Waals surface area contributed by atoms with E-state index in [2.05, 4.69) is 13.8 Å². The van der Waals surface area contributed by atoms with E-state index in [1.54, 1.807) is 7.11 Å². The molecule has 0 aliphatic carbocycles. The number of hydrogen-bond donors (Lipinski definition) is 0. The lowest BCUT2D eigenvalue weighted by molar-refractivity contribution is -0.110. The SMILES string of the molecule is CCC(C)CCCC(CC=O)OC. The van der Waals surface area contributed by atoms with Crippen molar-refractivity contribution in [2.45, 2.75) is 52.1 Å². The van der Waals surface area contributed by atoms with E-state index < -0.39 is 0 Å². The third-order valence-electron chi connectivity index (χ3n) is 2.61. The van der Waals surface area contributed by atoms with Gasteiger partial charge in [-0.3, -0.25) is 0 Å². The Morgan fingerprint density at radius 2 is 2.08 bits per heavy atom. The molecular weight excluding hydrogens is 164 g/mol. The van der Waals surface area contributed by atoms with Gasteiger partial charge < -0.3 is 9.53 Å². The van der Waals surface area contributed by atoms with Crippen molar-refractivity contribution in [3.05, 3.63) is 0 Å². The number of ether oxygens (including phenoxy) is 1. The summed E-state index contributed by atoms with van der Waals surface area (Å²) in [6, 6.07) is 0. The average Bonchev–Trinajstić information content (AvgIpc) is 2.16. The molecule has 2 atom stereocenters. The van der Waals surface area contributed by atoms with Gasteiger partial charge in [-0.25, -0.2) is 0 Å². The zero-order chi connectivity index (χ0) is 10.1. The summed E-state index contributed by atoms with van der Waals surface area (Å²) in [6.07, 6.45) is 6.29. The predicted molar refractivity (Wildman–Crippen MR) is 54.8 cm³/mol. The summed E-state index contributed by atoms with van der Waals surface area (Å²) in [5.41, 5.74) is 0. The number of hydrogen-bond acceptors (Lipinski definition) is 2. The van der Waals surface area contributed by atoms with E-state index in [1.165, 1.54) is 19.3 Å². The second-order valence-corrected chi connectivity index (χ2v) is 3.70. The third-order valence-corrected chi connectivity index (χ3v) is 2.61. The molecule has 0 aromatic carbocycles. The van der Waals surface area contributed by atoms with Gasteiger partial charge >= 0.3 is 0 Å². The highest BCUT2D eigenvalue weighted by molar-refractivity contribution is 5.50. The van der Waals surface area contributed by atoms with E-state index in [1.807, 2.05) is 0 Å². The molecule has 0 saturated carbocycles. The highest BCUT2D eigenvalue weighted by Crippen LogP contribution is 2.14. The summed E-state index contributed by atoms with van der Waals surface area (Å²) in [7, 11) is 1.68. The Balaban J connectivity index is 3.42. The van der Waals surface area contributed by atoms with Crippen molar-refractivity contribution in [3.8, 4) is 0 Å². The molecule has 0 fully saturated rings. The molecule has 13 heavy (non-hydrogen) atoms. The summed E-state index contributed by atoms with van der Waals surface area (Å²) in [4.78, 5) is 10.2. The maximum absolute atomic E-state index is 10.2. The highest BCUT2D eigenvalue weighted by Gasteiger charge is 2.07. The van der Waals surface area contributed by atoms with Crippen LogP contribution in [0.3, 0.4) is 0 Å². The number of methoxy groups -OCH3 is 1. The molecule has 0 spiro atoms. The summed E-state index contributed by atoms with van der Waals surface area (Å²) in [5, 5.41) is 0. The molecule has 0 bridgehead atoms. The molecule has 0 aliphatic heterocycles. The van der Waals surface area contributed by atoms with Crippen molar-refractivity contribution in [3.63, 3.8) is 0 Å². The molecule has 0 radical (unpaired) electrons. The standard InChI is InChI=1S/C11H22O2/c1-4-10(2)6-5-7-11(13-3)8-9-12/h9-11H,4-8H2,1-3H3. The Kier molecular flexibility index (Phi) is 8.00. The minimum absolute atomic E-state index is 0.140.